The van der Waals surface area contributed by atoms with Crippen LogP contribution in [0.2, 0.25) is 0 Å². The van der Waals surface area contributed by atoms with Crippen molar-refractivity contribution >= 4 is 29.4 Å². The number of thioether (sulfide) groups is 1. The Kier molecular flexibility index (Phi) is 7.49. The van der Waals surface area contributed by atoms with Gasteiger partial charge in [0.2, 0.25) is 0 Å². The Balaban J connectivity index is 2.28. The third kappa shape index (κ3) is 6.42. The number of carbonyl (C=O) groups is 2. The number of carboxylic acids is 1. The number of anilines is 1. The van der Waals surface area contributed by atoms with E-state index in [-0.39, 0.29) is 11.6 Å². The Morgan fingerprint density at radius 2 is 2.10 bits per heavy atom. The summed E-state index contributed by atoms with van der Waals surface area (Å²) in [6.45, 7) is 0.603. The van der Waals surface area contributed by atoms with Gasteiger partial charge in [0.25, 0.3) is 0 Å². The molecular formula is C13H19N3O3S. The highest BCUT2D eigenvalue weighted by atomic mass is 32.2. The molecule has 0 spiro atoms. The average Bonchev–Trinajstić information content (AvgIpc) is 2.43. The van der Waals surface area contributed by atoms with Crippen molar-refractivity contribution in [1.82, 2.24) is 10.3 Å². The first-order valence-electron chi connectivity index (χ1n) is 6.35. The largest absolute Gasteiger partial charge is 0.478 e. The van der Waals surface area contributed by atoms with Crippen molar-refractivity contribution in [1.29, 1.82) is 0 Å². The maximum absolute atomic E-state index is 11.6. The van der Waals surface area contributed by atoms with E-state index in [4.69, 9.17) is 5.11 Å². The molecule has 6 nitrogen and oxygen atoms in total. The van der Waals surface area contributed by atoms with Gasteiger partial charge in [-0.1, -0.05) is 6.42 Å². The standard InChI is InChI=1S/C13H19N3O3S/c1-20-6-4-2-3-5-15-13(19)16-11-7-10(12(17)18)8-14-9-11/h7-9H,2-6H2,1H3,(H,17,18)(H2,15,16,19). The first-order chi connectivity index (χ1) is 9.63. The Hall–Kier alpha value is -1.76. The molecule has 2 amide bonds. The number of urea groups is 1. The number of aromatic carboxylic acids is 1. The predicted molar refractivity (Wildman–Crippen MR) is 80.5 cm³/mol. The minimum Gasteiger partial charge on any atom is -0.478 e. The molecule has 0 unspecified atom stereocenters. The molecule has 0 fully saturated rings. The normalized spacial score (nSPS) is 10.1. The summed E-state index contributed by atoms with van der Waals surface area (Å²) in [4.78, 5) is 26.1. The molecule has 0 aliphatic carbocycles. The quantitative estimate of drug-likeness (QED) is 0.641. The number of hydrogen-bond donors (Lipinski definition) is 3. The number of rotatable bonds is 8. The smallest absolute Gasteiger partial charge is 0.337 e. The molecule has 1 aromatic heterocycles. The van der Waals surface area contributed by atoms with Gasteiger partial charge in [0.15, 0.2) is 0 Å². The second-order valence-electron chi connectivity index (χ2n) is 4.20. The maximum Gasteiger partial charge on any atom is 0.337 e. The van der Waals surface area contributed by atoms with E-state index in [1.165, 1.54) is 18.5 Å². The molecule has 0 saturated carbocycles. The first kappa shape index (κ1) is 16.3. The molecule has 1 aromatic rings. The number of carbonyl (C=O) groups excluding carboxylic acids is 1. The van der Waals surface area contributed by atoms with Crippen LogP contribution in [0, 0.1) is 0 Å². The van der Waals surface area contributed by atoms with E-state index in [9.17, 15) is 9.59 Å². The number of nitrogens with zero attached hydrogens (tertiary/aromatic N) is 1. The minimum absolute atomic E-state index is 0.0415. The summed E-state index contributed by atoms with van der Waals surface area (Å²) in [6.07, 6.45) is 7.88. The minimum atomic E-state index is -1.07. The van der Waals surface area contributed by atoms with Crippen molar-refractivity contribution in [2.75, 3.05) is 23.9 Å². The van der Waals surface area contributed by atoms with E-state index in [1.807, 2.05) is 11.8 Å². The SMILES string of the molecule is CSCCCCCNC(=O)Nc1cncc(C(=O)O)c1. The van der Waals surface area contributed by atoms with Gasteiger partial charge in [-0.25, -0.2) is 9.59 Å². The van der Waals surface area contributed by atoms with Crippen LogP contribution in [-0.4, -0.2) is 40.6 Å². The zero-order chi connectivity index (χ0) is 14.8. The van der Waals surface area contributed by atoms with Crippen LogP contribution in [0.25, 0.3) is 0 Å². The Labute approximate surface area is 122 Å². The van der Waals surface area contributed by atoms with Gasteiger partial charge in [0.1, 0.15) is 0 Å². The van der Waals surface area contributed by atoms with E-state index in [2.05, 4.69) is 21.9 Å². The highest BCUT2D eigenvalue weighted by molar-refractivity contribution is 7.98. The van der Waals surface area contributed by atoms with Crippen LogP contribution in [0.15, 0.2) is 18.5 Å². The second kappa shape index (κ2) is 9.19. The van der Waals surface area contributed by atoms with Crippen LogP contribution in [0.3, 0.4) is 0 Å². The number of pyridine rings is 1. The maximum atomic E-state index is 11.6. The molecule has 0 saturated heterocycles. The lowest BCUT2D eigenvalue weighted by Crippen LogP contribution is -2.29. The van der Waals surface area contributed by atoms with E-state index in [0.717, 1.165) is 25.0 Å². The molecular weight excluding hydrogens is 278 g/mol. The first-order valence-corrected chi connectivity index (χ1v) is 7.75. The Morgan fingerprint density at radius 1 is 1.30 bits per heavy atom. The lowest BCUT2D eigenvalue weighted by Gasteiger charge is -2.07. The van der Waals surface area contributed by atoms with Crippen LogP contribution < -0.4 is 10.6 Å². The summed E-state index contributed by atoms with van der Waals surface area (Å²) in [5.41, 5.74) is 0.407. The highest BCUT2D eigenvalue weighted by Crippen LogP contribution is 2.08. The number of amides is 2. The molecule has 1 rings (SSSR count). The number of hydrogen-bond acceptors (Lipinski definition) is 4. The molecule has 1 heterocycles. The van der Waals surface area contributed by atoms with Crippen LogP contribution >= 0.6 is 11.8 Å². The van der Waals surface area contributed by atoms with E-state index >= 15 is 0 Å². The van der Waals surface area contributed by atoms with Crippen molar-refractivity contribution in [3.63, 3.8) is 0 Å². The summed E-state index contributed by atoms with van der Waals surface area (Å²) in [5.74, 6) is 0.0650. The lowest BCUT2D eigenvalue weighted by atomic mass is 10.2. The fraction of sp³-hybridized carbons (Fsp3) is 0.462. The summed E-state index contributed by atoms with van der Waals surface area (Å²) < 4.78 is 0. The van der Waals surface area contributed by atoms with Crippen molar-refractivity contribution in [2.45, 2.75) is 19.3 Å². The van der Waals surface area contributed by atoms with Gasteiger partial charge in [0.05, 0.1) is 17.4 Å². The molecule has 0 aromatic carbocycles. The second-order valence-corrected chi connectivity index (χ2v) is 5.19. The predicted octanol–water partition coefficient (Wildman–Crippen LogP) is 2.43. The van der Waals surface area contributed by atoms with Crippen LogP contribution in [-0.2, 0) is 0 Å². The molecule has 0 radical (unpaired) electrons. The zero-order valence-electron chi connectivity index (χ0n) is 11.4. The summed E-state index contributed by atoms with van der Waals surface area (Å²) in [5, 5.41) is 14.1. The van der Waals surface area contributed by atoms with Gasteiger partial charge < -0.3 is 15.7 Å². The van der Waals surface area contributed by atoms with E-state index < -0.39 is 5.97 Å². The molecule has 0 bridgehead atoms. The fourth-order valence-corrected chi connectivity index (χ4v) is 2.04. The number of aromatic nitrogens is 1. The summed E-state index contributed by atoms with van der Waals surface area (Å²) in [7, 11) is 0. The monoisotopic (exact) mass is 297 g/mol. The van der Waals surface area contributed by atoms with Crippen LogP contribution in [0.5, 0.6) is 0 Å². The van der Waals surface area contributed by atoms with Gasteiger partial charge in [-0.15, -0.1) is 0 Å². The summed E-state index contributed by atoms with van der Waals surface area (Å²) >= 11 is 1.82. The Bertz CT molecular complexity index is 454. The van der Waals surface area contributed by atoms with Gasteiger partial charge in [-0.2, -0.15) is 11.8 Å². The molecule has 0 atom stereocenters. The van der Waals surface area contributed by atoms with Crippen molar-refractivity contribution in [2.24, 2.45) is 0 Å². The van der Waals surface area contributed by atoms with Gasteiger partial charge in [-0.05, 0) is 30.9 Å². The fourth-order valence-electron chi connectivity index (χ4n) is 1.55. The lowest BCUT2D eigenvalue weighted by molar-refractivity contribution is 0.0696. The van der Waals surface area contributed by atoms with Gasteiger partial charge >= 0.3 is 12.0 Å². The van der Waals surface area contributed by atoms with Crippen molar-refractivity contribution < 1.29 is 14.7 Å². The molecule has 20 heavy (non-hydrogen) atoms. The number of unbranched alkanes of at least 4 members (excludes halogenated alkanes) is 2. The van der Waals surface area contributed by atoms with Gasteiger partial charge in [-0.3, -0.25) is 4.98 Å². The molecule has 0 aliphatic heterocycles. The Morgan fingerprint density at radius 3 is 2.80 bits per heavy atom. The van der Waals surface area contributed by atoms with E-state index in [1.54, 1.807) is 0 Å². The van der Waals surface area contributed by atoms with Crippen molar-refractivity contribution in [3.8, 4) is 0 Å². The zero-order valence-corrected chi connectivity index (χ0v) is 12.2. The third-order valence-electron chi connectivity index (χ3n) is 2.55. The van der Waals surface area contributed by atoms with Gasteiger partial charge in [0, 0.05) is 12.7 Å². The topological polar surface area (TPSA) is 91.3 Å². The highest BCUT2D eigenvalue weighted by Gasteiger charge is 2.06. The van der Waals surface area contributed by atoms with E-state index in [0.29, 0.717) is 12.2 Å². The average molecular weight is 297 g/mol. The third-order valence-corrected chi connectivity index (χ3v) is 3.25. The number of carboxylic acid groups (broad SMARTS) is 1. The molecule has 110 valence electrons. The van der Waals surface area contributed by atoms with Crippen LogP contribution in [0.1, 0.15) is 29.6 Å². The number of nitrogens with one attached hydrogen (secondary N) is 2. The van der Waals surface area contributed by atoms with Crippen molar-refractivity contribution in [3.05, 3.63) is 24.0 Å². The van der Waals surface area contributed by atoms with Crippen LogP contribution in [0.4, 0.5) is 10.5 Å². The molecule has 7 heteroatoms. The molecule has 3 N–H and O–H groups in total. The molecule has 0 aliphatic rings. The summed E-state index contributed by atoms with van der Waals surface area (Å²) in [6, 6.07) is 1.02.